The lowest BCUT2D eigenvalue weighted by molar-refractivity contribution is -0.124. The van der Waals surface area contributed by atoms with Crippen molar-refractivity contribution in [3.05, 3.63) is 69.3 Å². The number of nitrogens with zero attached hydrogens (tertiary/aromatic N) is 1. The van der Waals surface area contributed by atoms with Gasteiger partial charge in [0.05, 0.1) is 17.4 Å². The number of rotatable bonds is 6. The molecular weight excluding hydrogens is 368 g/mol. The van der Waals surface area contributed by atoms with Crippen LogP contribution in [-0.2, 0) is 16.0 Å². The molecule has 2 amide bonds. The number of fused-ring (bicyclic) bond motifs is 1. The van der Waals surface area contributed by atoms with Crippen LogP contribution in [0.1, 0.15) is 28.9 Å². The Bertz CT molecular complexity index is 1110. The second kappa shape index (κ2) is 8.68. The summed E-state index contributed by atoms with van der Waals surface area (Å²) in [4.78, 5) is 43.4. The number of H-pyrrole nitrogens is 1. The van der Waals surface area contributed by atoms with Crippen molar-refractivity contribution in [1.82, 2.24) is 15.3 Å². The fourth-order valence-corrected chi connectivity index (χ4v) is 3.31. The molecule has 3 rings (SSSR count). The van der Waals surface area contributed by atoms with Crippen molar-refractivity contribution in [1.29, 1.82) is 0 Å². The Kier molecular flexibility index (Phi) is 6.07. The summed E-state index contributed by atoms with van der Waals surface area (Å²) in [5.74, 6) is -0.127. The minimum Gasteiger partial charge on any atom is -0.347 e. The van der Waals surface area contributed by atoms with Gasteiger partial charge in [-0.3, -0.25) is 14.4 Å². The lowest BCUT2D eigenvalue weighted by Gasteiger charge is -2.13. The summed E-state index contributed by atoms with van der Waals surface area (Å²) in [6, 6.07) is 11.0. The Morgan fingerprint density at radius 3 is 2.45 bits per heavy atom. The van der Waals surface area contributed by atoms with Gasteiger partial charge in [-0.1, -0.05) is 29.8 Å². The number of hydrogen-bond acceptors (Lipinski definition) is 4. The molecule has 0 radical (unpaired) electrons. The summed E-state index contributed by atoms with van der Waals surface area (Å²) >= 11 is 0. The summed E-state index contributed by atoms with van der Waals surface area (Å²) in [5, 5.41) is 5.97. The van der Waals surface area contributed by atoms with Crippen LogP contribution < -0.4 is 16.2 Å². The van der Waals surface area contributed by atoms with Crippen LogP contribution in [0.3, 0.4) is 0 Å². The van der Waals surface area contributed by atoms with E-state index in [2.05, 4.69) is 20.6 Å². The molecule has 150 valence electrons. The highest BCUT2D eigenvalue weighted by Crippen LogP contribution is 2.21. The molecule has 0 atom stereocenters. The van der Waals surface area contributed by atoms with Gasteiger partial charge in [0.1, 0.15) is 5.82 Å². The first-order valence-electron chi connectivity index (χ1n) is 9.46. The molecule has 3 aromatic rings. The van der Waals surface area contributed by atoms with Crippen molar-refractivity contribution < 1.29 is 9.59 Å². The molecule has 0 aliphatic heterocycles. The number of benzene rings is 2. The normalized spacial score (nSPS) is 10.7. The fourth-order valence-electron chi connectivity index (χ4n) is 3.31. The summed E-state index contributed by atoms with van der Waals surface area (Å²) in [5.41, 5.74) is 4.23. The number of nitrogens with one attached hydrogen (secondary N) is 3. The molecule has 0 aliphatic carbocycles. The number of anilines is 1. The van der Waals surface area contributed by atoms with Crippen LogP contribution >= 0.6 is 0 Å². The molecule has 0 spiro atoms. The number of hydrogen-bond donors (Lipinski definition) is 3. The van der Waals surface area contributed by atoms with E-state index in [4.69, 9.17) is 0 Å². The SMILES string of the molecule is Cc1cc(C)c(NC(=O)CNC(=O)CCc2nc3ccccc3c(=O)[nH]2)c(C)c1. The Morgan fingerprint density at radius 1 is 1.03 bits per heavy atom. The number of aromatic nitrogens is 2. The second-order valence-electron chi connectivity index (χ2n) is 7.13. The van der Waals surface area contributed by atoms with Crippen molar-refractivity contribution in [3.8, 4) is 0 Å². The molecule has 0 bridgehead atoms. The van der Waals surface area contributed by atoms with Gasteiger partial charge < -0.3 is 15.6 Å². The Labute approximate surface area is 168 Å². The van der Waals surface area contributed by atoms with Crippen molar-refractivity contribution in [2.45, 2.75) is 33.6 Å². The van der Waals surface area contributed by atoms with Gasteiger partial charge in [-0.2, -0.15) is 0 Å². The van der Waals surface area contributed by atoms with Gasteiger partial charge in [0, 0.05) is 18.5 Å². The summed E-state index contributed by atoms with van der Waals surface area (Å²) in [6.07, 6.45) is 0.404. The van der Waals surface area contributed by atoms with Gasteiger partial charge in [0.25, 0.3) is 5.56 Å². The maximum Gasteiger partial charge on any atom is 0.258 e. The predicted octanol–water partition coefficient (Wildman–Crippen LogP) is 2.54. The van der Waals surface area contributed by atoms with Gasteiger partial charge in [-0.25, -0.2) is 4.98 Å². The molecule has 0 saturated heterocycles. The van der Waals surface area contributed by atoms with Crippen molar-refractivity contribution in [3.63, 3.8) is 0 Å². The molecule has 2 aromatic carbocycles. The van der Waals surface area contributed by atoms with Crippen LogP contribution in [-0.4, -0.2) is 28.3 Å². The number of amides is 2. The van der Waals surface area contributed by atoms with E-state index in [-0.39, 0.29) is 36.8 Å². The molecule has 0 saturated carbocycles. The monoisotopic (exact) mass is 392 g/mol. The first-order valence-corrected chi connectivity index (χ1v) is 9.46. The van der Waals surface area contributed by atoms with E-state index >= 15 is 0 Å². The highest BCUT2D eigenvalue weighted by Gasteiger charge is 2.11. The third-order valence-electron chi connectivity index (χ3n) is 4.64. The molecular formula is C22H24N4O3. The highest BCUT2D eigenvalue weighted by molar-refractivity contribution is 5.95. The van der Waals surface area contributed by atoms with E-state index in [1.807, 2.05) is 32.9 Å². The topological polar surface area (TPSA) is 104 Å². The molecule has 7 heteroatoms. The Hall–Kier alpha value is -3.48. The van der Waals surface area contributed by atoms with E-state index in [0.717, 1.165) is 22.4 Å². The molecule has 1 aromatic heterocycles. The number of para-hydroxylation sites is 1. The summed E-state index contributed by atoms with van der Waals surface area (Å²) in [6.45, 7) is 5.76. The standard InChI is InChI=1S/C22H24N4O3/c1-13-10-14(2)21(15(3)11-13)26-20(28)12-23-19(27)9-8-18-24-17-7-5-4-6-16(17)22(29)25-18/h4-7,10-11H,8-9,12H2,1-3H3,(H,23,27)(H,26,28)(H,24,25,29). The molecule has 0 aliphatic rings. The number of aryl methyl sites for hydroxylation is 4. The number of aromatic amines is 1. The fraction of sp³-hybridized carbons (Fsp3) is 0.273. The Balaban J connectivity index is 1.53. The van der Waals surface area contributed by atoms with Crippen molar-refractivity contribution in [2.75, 3.05) is 11.9 Å². The van der Waals surface area contributed by atoms with Crippen LogP contribution in [0.25, 0.3) is 10.9 Å². The van der Waals surface area contributed by atoms with Gasteiger partial charge in [-0.15, -0.1) is 0 Å². The van der Waals surface area contributed by atoms with E-state index < -0.39 is 0 Å². The zero-order valence-corrected chi connectivity index (χ0v) is 16.8. The van der Waals surface area contributed by atoms with Crippen LogP contribution in [0.2, 0.25) is 0 Å². The molecule has 0 fully saturated rings. The minimum atomic E-state index is -0.286. The molecule has 29 heavy (non-hydrogen) atoms. The van der Waals surface area contributed by atoms with E-state index in [1.54, 1.807) is 24.3 Å². The van der Waals surface area contributed by atoms with Gasteiger partial charge in [0.2, 0.25) is 11.8 Å². The first kappa shape index (κ1) is 20.3. The van der Waals surface area contributed by atoms with Crippen LogP contribution in [0.5, 0.6) is 0 Å². The average Bonchev–Trinajstić information content (AvgIpc) is 2.67. The van der Waals surface area contributed by atoms with Crippen molar-refractivity contribution >= 4 is 28.4 Å². The number of carbonyl (C=O) groups excluding carboxylic acids is 2. The number of carbonyl (C=O) groups is 2. The van der Waals surface area contributed by atoms with E-state index in [0.29, 0.717) is 16.7 Å². The van der Waals surface area contributed by atoms with Crippen LogP contribution in [0, 0.1) is 20.8 Å². The van der Waals surface area contributed by atoms with Gasteiger partial charge in [-0.05, 0) is 44.0 Å². The summed E-state index contributed by atoms with van der Waals surface area (Å²) < 4.78 is 0. The van der Waals surface area contributed by atoms with Gasteiger partial charge in [0.15, 0.2) is 0 Å². The smallest absolute Gasteiger partial charge is 0.258 e. The maximum atomic E-state index is 12.2. The zero-order valence-electron chi connectivity index (χ0n) is 16.8. The minimum absolute atomic E-state index is 0.118. The average molecular weight is 392 g/mol. The third kappa shape index (κ3) is 5.07. The van der Waals surface area contributed by atoms with E-state index in [1.165, 1.54) is 0 Å². The first-order chi connectivity index (χ1) is 13.8. The van der Waals surface area contributed by atoms with E-state index in [9.17, 15) is 14.4 Å². The molecule has 0 unspecified atom stereocenters. The van der Waals surface area contributed by atoms with Crippen molar-refractivity contribution in [2.24, 2.45) is 0 Å². The van der Waals surface area contributed by atoms with Gasteiger partial charge >= 0.3 is 0 Å². The molecule has 7 nitrogen and oxygen atoms in total. The molecule has 3 N–H and O–H groups in total. The lowest BCUT2D eigenvalue weighted by atomic mass is 10.1. The predicted molar refractivity (Wildman–Crippen MR) is 113 cm³/mol. The van der Waals surface area contributed by atoms with Crippen LogP contribution in [0.4, 0.5) is 5.69 Å². The lowest BCUT2D eigenvalue weighted by Crippen LogP contribution is -2.33. The zero-order chi connectivity index (χ0) is 21.0. The van der Waals surface area contributed by atoms with Crippen LogP contribution in [0.15, 0.2) is 41.2 Å². The molecule has 1 heterocycles. The third-order valence-corrected chi connectivity index (χ3v) is 4.64. The summed E-state index contributed by atoms with van der Waals surface area (Å²) in [7, 11) is 0. The largest absolute Gasteiger partial charge is 0.347 e. The maximum absolute atomic E-state index is 12.2. The second-order valence-corrected chi connectivity index (χ2v) is 7.13. The highest BCUT2D eigenvalue weighted by atomic mass is 16.2. The quantitative estimate of drug-likeness (QED) is 0.600. The Morgan fingerprint density at radius 2 is 1.72 bits per heavy atom.